The molecular formula is C23H26N2O4. The fourth-order valence-corrected chi connectivity index (χ4v) is 3.50. The summed E-state index contributed by atoms with van der Waals surface area (Å²) >= 11 is 0. The Labute approximate surface area is 170 Å². The molecule has 0 saturated carbocycles. The number of hydrogen-bond acceptors (Lipinski definition) is 3. The molecule has 0 saturated heterocycles. The lowest BCUT2D eigenvalue weighted by atomic mass is 9.87. The van der Waals surface area contributed by atoms with Crippen molar-refractivity contribution >= 4 is 17.8 Å². The van der Waals surface area contributed by atoms with Gasteiger partial charge in [-0.05, 0) is 34.2 Å². The number of carbonyl (C=O) groups excluding carboxylic acids is 2. The minimum atomic E-state index is -0.960. The van der Waals surface area contributed by atoms with E-state index in [-0.39, 0.29) is 30.3 Å². The zero-order valence-corrected chi connectivity index (χ0v) is 16.9. The van der Waals surface area contributed by atoms with Crippen LogP contribution in [0, 0.1) is 0 Å². The third kappa shape index (κ3) is 4.65. The molecule has 0 aromatic heterocycles. The molecule has 1 unspecified atom stereocenters. The summed E-state index contributed by atoms with van der Waals surface area (Å²) in [6.45, 7) is 6.57. The summed E-state index contributed by atoms with van der Waals surface area (Å²) < 4.78 is 0. The number of fused-ring (bicyclic) bond motifs is 1. The fourth-order valence-electron chi connectivity index (χ4n) is 3.50. The van der Waals surface area contributed by atoms with Gasteiger partial charge in [-0.15, -0.1) is 0 Å². The predicted molar refractivity (Wildman–Crippen MR) is 110 cm³/mol. The molecule has 0 aliphatic carbocycles. The number of carboxylic acids is 1. The summed E-state index contributed by atoms with van der Waals surface area (Å²) in [4.78, 5) is 38.1. The second-order valence-corrected chi connectivity index (χ2v) is 8.37. The van der Waals surface area contributed by atoms with E-state index in [1.54, 1.807) is 24.3 Å². The lowest BCUT2D eigenvalue weighted by Gasteiger charge is -2.32. The van der Waals surface area contributed by atoms with Gasteiger partial charge in [-0.3, -0.25) is 14.4 Å². The van der Waals surface area contributed by atoms with Crippen LogP contribution in [0.5, 0.6) is 0 Å². The summed E-state index contributed by atoms with van der Waals surface area (Å²) in [7, 11) is 0. The molecule has 1 aliphatic heterocycles. The second-order valence-electron chi connectivity index (χ2n) is 8.37. The van der Waals surface area contributed by atoms with Crippen LogP contribution in [0.4, 0.5) is 0 Å². The molecule has 152 valence electrons. The Morgan fingerprint density at radius 3 is 2.34 bits per heavy atom. The maximum absolute atomic E-state index is 12.6. The van der Waals surface area contributed by atoms with Gasteiger partial charge in [0.2, 0.25) is 5.91 Å². The van der Waals surface area contributed by atoms with Crippen molar-refractivity contribution in [3.63, 3.8) is 0 Å². The summed E-state index contributed by atoms with van der Waals surface area (Å²) in [6, 6.07) is 14.6. The van der Waals surface area contributed by atoms with Gasteiger partial charge < -0.3 is 15.3 Å². The molecule has 29 heavy (non-hydrogen) atoms. The highest BCUT2D eigenvalue weighted by Crippen LogP contribution is 2.28. The Balaban J connectivity index is 1.63. The van der Waals surface area contributed by atoms with Crippen molar-refractivity contribution in [1.29, 1.82) is 0 Å². The second kappa shape index (κ2) is 8.07. The summed E-state index contributed by atoms with van der Waals surface area (Å²) in [5.74, 6) is -2.35. The van der Waals surface area contributed by atoms with E-state index in [0.717, 1.165) is 16.7 Å². The first-order valence-corrected chi connectivity index (χ1v) is 9.64. The van der Waals surface area contributed by atoms with Crippen LogP contribution in [-0.2, 0) is 21.5 Å². The molecule has 0 fully saturated rings. The highest BCUT2D eigenvalue weighted by molar-refractivity contribution is 5.96. The molecule has 6 nitrogen and oxygen atoms in total. The molecule has 1 atom stereocenters. The number of benzene rings is 2. The van der Waals surface area contributed by atoms with Gasteiger partial charge in [0.05, 0.1) is 12.5 Å². The number of aliphatic carboxylic acids is 1. The van der Waals surface area contributed by atoms with E-state index in [9.17, 15) is 19.5 Å². The van der Waals surface area contributed by atoms with Gasteiger partial charge in [-0.2, -0.15) is 0 Å². The molecule has 6 heteroatoms. The number of carboxylic acid groups (broad SMARTS) is 1. The van der Waals surface area contributed by atoms with E-state index in [1.165, 1.54) is 4.90 Å². The average Bonchev–Trinajstić information content (AvgIpc) is 2.70. The van der Waals surface area contributed by atoms with Crippen molar-refractivity contribution in [2.45, 2.75) is 38.6 Å². The van der Waals surface area contributed by atoms with E-state index in [1.807, 2.05) is 24.3 Å². The summed E-state index contributed by atoms with van der Waals surface area (Å²) in [6.07, 6.45) is 0. The van der Waals surface area contributed by atoms with Crippen LogP contribution >= 0.6 is 0 Å². The van der Waals surface area contributed by atoms with Gasteiger partial charge >= 0.3 is 5.97 Å². The molecule has 2 N–H and O–H groups in total. The number of nitrogens with zero attached hydrogens (tertiary/aromatic N) is 1. The molecule has 2 aromatic carbocycles. The molecule has 0 radical (unpaired) electrons. The zero-order valence-electron chi connectivity index (χ0n) is 16.9. The molecular weight excluding hydrogens is 368 g/mol. The van der Waals surface area contributed by atoms with Crippen molar-refractivity contribution in [3.8, 4) is 0 Å². The first-order valence-electron chi connectivity index (χ1n) is 9.64. The van der Waals surface area contributed by atoms with Crippen molar-refractivity contribution in [3.05, 3.63) is 70.8 Å². The number of carbonyl (C=O) groups is 3. The van der Waals surface area contributed by atoms with Gasteiger partial charge in [-0.25, -0.2) is 0 Å². The molecule has 0 spiro atoms. The van der Waals surface area contributed by atoms with Gasteiger partial charge in [0.25, 0.3) is 5.91 Å². The van der Waals surface area contributed by atoms with Crippen molar-refractivity contribution in [1.82, 2.24) is 10.2 Å². The van der Waals surface area contributed by atoms with E-state index in [4.69, 9.17) is 0 Å². The standard InChI is InChI=1S/C23H26N2O4/c1-23(2,3)17-10-8-15(9-11-17)21(27)24-12-20(26)25-13-16-6-4-5-7-18(16)19(14-25)22(28)29/h4-11,19H,12-14H2,1-3H3,(H,24,27)(H,28,29). The largest absolute Gasteiger partial charge is 0.481 e. The maximum atomic E-state index is 12.6. The van der Waals surface area contributed by atoms with Crippen LogP contribution in [0.25, 0.3) is 0 Å². The summed E-state index contributed by atoms with van der Waals surface area (Å²) in [5.41, 5.74) is 3.17. The Hall–Kier alpha value is -3.15. The number of nitrogens with one attached hydrogen (secondary N) is 1. The highest BCUT2D eigenvalue weighted by atomic mass is 16.4. The first-order chi connectivity index (χ1) is 13.7. The van der Waals surface area contributed by atoms with E-state index < -0.39 is 11.9 Å². The molecule has 0 bridgehead atoms. The van der Waals surface area contributed by atoms with Crippen LogP contribution < -0.4 is 5.32 Å². The van der Waals surface area contributed by atoms with Crippen molar-refractivity contribution in [2.75, 3.05) is 13.1 Å². The van der Waals surface area contributed by atoms with Crippen molar-refractivity contribution < 1.29 is 19.5 Å². The number of amides is 2. The number of rotatable bonds is 4. The van der Waals surface area contributed by atoms with Crippen LogP contribution in [0.1, 0.15) is 53.7 Å². The van der Waals surface area contributed by atoms with Gasteiger partial charge in [0.1, 0.15) is 0 Å². The lowest BCUT2D eigenvalue weighted by Crippen LogP contribution is -2.45. The van der Waals surface area contributed by atoms with Crippen LogP contribution in [0.2, 0.25) is 0 Å². The van der Waals surface area contributed by atoms with E-state index >= 15 is 0 Å². The normalized spacial score (nSPS) is 16.1. The molecule has 2 amide bonds. The SMILES string of the molecule is CC(C)(C)c1ccc(C(=O)NCC(=O)N2Cc3ccccc3C(C(=O)O)C2)cc1. The Morgan fingerprint density at radius 1 is 1.07 bits per heavy atom. The Kier molecular flexibility index (Phi) is 5.73. The Morgan fingerprint density at radius 2 is 1.72 bits per heavy atom. The van der Waals surface area contributed by atoms with E-state index in [2.05, 4.69) is 26.1 Å². The van der Waals surface area contributed by atoms with Crippen LogP contribution in [0.15, 0.2) is 48.5 Å². The average molecular weight is 394 g/mol. The van der Waals surface area contributed by atoms with Crippen molar-refractivity contribution in [2.24, 2.45) is 0 Å². The van der Waals surface area contributed by atoms with Gasteiger partial charge in [-0.1, -0.05) is 57.2 Å². The fraction of sp³-hybridized carbons (Fsp3) is 0.348. The monoisotopic (exact) mass is 394 g/mol. The first kappa shape index (κ1) is 20.6. The molecule has 1 aliphatic rings. The minimum Gasteiger partial charge on any atom is -0.481 e. The van der Waals surface area contributed by atoms with Gasteiger partial charge in [0, 0.05) is 18.7 Å². The lowest BCUT2D eigenvalue weighted by molar-refractivity contribution is -0.141. The quantitative estimate of drug-likeness (QED) is 0.835. The van der Waals surface area contributed by atoms with E-state index in [0.29, 0.717) is 12.1 Å². The van der Waals surface area contributed by atoms with Gasteiger partial charge in [0.15, 0.2) is 0 Å². The Bertz CT molecular complexity index is 929. The van der Waals surface area contributed by atoms with Crippen LogP contribution in [-0.4, -0.2) is 40.9 Å². The summed E-state index contributed by atoms with van der Waals surface area (Å²) in [5, 5.41) is 12.2. The number of hydrogen-bond donors (Lipinski definition) is 2. The zero-order chi connectivity index (χ0) is 21.2. The van der Waals surface area contributed by atoms with Crippen LogP contribution in [0.3, 0.4) is 0 Å². The third-order valence-electron chi connectivity index (χ3n) is 5.26. The molecule has 1 heterocycles. The minimum absolute atomic E-state index is 0.00376. The third-order valence-corrected chi connectivity index (χ3v) is 5.26. The smallest absolute Gasteiger partial charge is 0.312 e. The molecule has 2 aromatic rings. The topological polar surface area (TPSA) is 86.7 Å². The maximum Gasteiger partial charge on any atom is 0.312 e. The predicted octanol–water partition coefficient (Wildman–Crippen LogP) is 2.92. The molecule has 3 rings (SSSR count). The highest BCUT2D eigenvalue weighted by Gasteiger charge is 2.32.